The zero-order valence-corrected chi connectivity index (χ0v) is 20.5. The van der Waals surface area contributed by atoms with E-state index in [1.54, 1.807) is 0 Å². The SMILES string of the molecule is c1cc2c3c(cccc3c1)-c1c-2ccc2ccc3c4ccccc4c4c(c3c12)-c1cccc2cccc-4c12. The van der Waals surface area contributed by atoms with Crippen LogP contribution in [0.2, 0.25) is 0 Å². The zero-order valence-electron chi connectivity index (χ0n) is 20.5. The summed E-state index contributed by atoms with van der Waals surface area (Å²) in [6, 6.07) is 45.5. The van der Waals surface area contributed by atoms with E-state index < -0.39 is 0 Å². The van der Waals surface area contributed by atoms with Crippen molar-refractivity contribution in [1.29, 1.82) is 0 Å². The van der Waals surface area contributed by atoms with Gasteiger partial charge in [-0.15, -0.1) is 0 Å². The molecule has 0 heteroatoms. The van der Waals surface area contributed by atoms with Crippen molar-refractivity contribution in [1.82, 2.24) is 0 Å². The smallest absolute Gasteiger partial charge is 0.000719 e. The predicted octanol–water partition coefficient (Wildman–Crippen LogP) is 10.7. The minimum Gasteiger partial charge on any atom is -0.0616 e. The fraction of sp³-hybridized carbons (Fsp3) is 0. The summed E-state index contributed by atoms with van der Waals surface area (Å²) in [6.45, 7) is 0. The van der Waals surface area contributed by atoms with Gasteiger partial charge in [0.05, 0.1) is 0 Å². The van der Waals surface area contributed by atoms with Crippen molar-refractivity contribution in [3.05, 3.63) is 121 Å². The molecule has 0 fully saturated rings. The van der Waals surface area contributed by atoms with Crippen molar-refractivity contribution in [2.24, 2.45) is 0 Å². The molecule has 38 heavy (non-hydrogen) atoms. The molecule has 0 amide bonds. The number of fused-ring (bicyclic) bond motifs is 14. The van der Waals surface area contributed by atoms with Crippen LogP contribution in [0.15, 0.2) is 121 Å². The largest absolute Gasteiger partial charge is 0.0616 e. The first-order valence-electron chi connectivity index (χ1n) is 13.4. The summed E-state index contributed by atoms with van der Waals surface area (Å²) in [6.07, 6.45) is 0. The molecule has 0 saturated carbocycles. The molecule has 0 aromatic heterocycles. The summed E-state index contributed by atoms with van der Waals surface area (Å²) >= 11 is 0. The quantitative estimate of drug-likeness (QED) is 0.191. The molecule has 2 aliphatic rings. The Morgan fingerprint density at radius 1 is 0.237 bits per heavy atom. The highest BCUT2D eigenvalue weighted by atomic mass is 14.3. The lowest BCUT2D eigenvalue weighted by Gasteiger charge is -2.18. The molecule has 8 aromatic carbocycles. The van der Waals surface area contributed by atoms with Gasteiger partial charge in [0.15, 0.2) is 0 Å². The van der Waals surface area contributed by atoms with E-state index in [-0.39, 0.29) is 0 Å². The van der Waals surface area contributed by atoms with E-state index in [1.165, 1.54) is 98.4 Å². The summed E-state index contributed by atoms with van der Waals surface area (Å²) < 4.78 is 0. The van der Waals surface area contributed by atoms with Gasteiger partial charge in [-0.2, -0.15) is 0 Å². The highest BCUT2D eigenvalue weighted by Crippen LogP contribution is 2.57. The molecule has 0 nitrogen and oxygen atoms in total. The number of rotatable bonds is 0. The van der Waals surface area contributed by atoms with Crippen molar-refractivity contribution in [2.75, 3.05) is 0 Å². The molecule has 0 saturated heterocycles. The zero-order chi connectivity index (χ0) is 24.5. The molecule has 0 aliphatic heterocycles. The van der Waals surface area contributed by atoms with Crippen molar-refractivity contribution in [3.63, 3.8) is 0 Å². The second-order valence-electron chi connectivity index (χ2n) is 10.8. The van der Waals surface area contributed by atoms with E-state index in [9.17, 15) is 0 Å². The maximum atomic E-state index is 2.36. The summed E-state index contributed by atoms with van der Waals surface area (Å²) in [5.41, 5.74) is 11.0. The minimum atomic E-state index is 1.31. The molecule has 0 radical (unpaired) electrons. The second kappa shape index (κ2) is 6.49. The van der Waals surface area contributed by atoms with Crippen molar-refractivity contribution in [3.8, 4) is 44.5 Å². The highest BCUT2D eigenvalue weighted by Gasteiger charge is 2.30. The standard InChI is InChI=1S/C38H20/c1-2-12-25-24(11-1)27-19-17-23-18-20-28-26-13-3-7-21-8-4-14-29(32(21)26)35(28)34(23)37(27)38-31-16-6-10-22-9-5-15-30(33(22)31)36(25)38/h1-20H. The molecule has 0 atom stereocenters. The fourth-order valence-electron chi connectivity index (χ4n) is 7.68. The third kappa shape index (κ3) is 2.08. The Labute approximate surface area is 219 Å². The van der Waals surface area contributed by atoms with Crippen molar-refractivity contribution >= 4 is 53.9 Å². The van der Waals surface area contributed by atoms with Crippen LogP contribution in [0.4, 0.5) is 0 Å². The van der Waals surface area contributed by atoms with Gasteiger partial charge in [0.1, 0.15) is 0 Å². The lowest BCUT2D eigenvalue weighted by molar-refractivity contribution is 1.74. The first kappa shape index (κ1) is 19.2. The predicted molar refractivity (Wildman–Crippen MR) is 163 cm³/mol. The fourth-order valence-corrected chi connectivity index (χ4v) is 7.68. The Hall–Kier alpha value is -4.94. The van der Waals surface area contributed by atoms with Crippen molar-refractivity contribution < 1.29 is 0 Å². The highest BCUT2D eigenvalue weighted by molar-refractivity contribution is 6.37. The third-order valence-corrected chi connectivity index (χ3v) is 9.08. The normalized spacial score (nSPS) is 12.7. The molecule has 8 aromatic rings. The molecule has 0 spiro atoms. The van der Waals surface area contributed by atoms with E-state index in [0.717, 1.165) is 0 Å². The third-order valence-electron chi connectivity index (χ3n) is 9.08. The van der Waals surface area contributed by atoms with Crippen LogP contribution in [0, 0.1) is 0 Å². The Kier molecular flexibility index (Phi) is 3.28. The number of hydrogen-bond donors (Lipinski definition) is 0. The lowest BCUT2D eigenvalue weighted by Crippen LogP contribution is -1.90. The van der Waals surface area contributed by atoms with Gasteiger partial charge < -0.3 is 0 Å². The average molecular weight is 477 g/mol. The van der Waals surface area contributed by atoms with E-state index in [1.807, 2.05) is 0 Å². The van der Waals surface area contributed by atoms with Gasteiger partial charge in [-0.3, -0.25) is 0 Å². The van der Waals surface area contributed by atoms with Crippen LogP contribution < -0.4 is 0 Å². The van der Waals surface area contributed by atoms with Crippen LogP contribution in [0.3, 0.4) is 0 Å². The summed E-state index contributed by atoms with van der Waals surface area (Å²) in [4.78, 5) is 0. The van der Waals surface area contributed by atoms with Gasteiger partial charge in [0.25, 0.3) is 0 Å². The van der Waals surface area contributed by atoms with Gasteiger partial charge in [-0.25, -0.2) is 0 Å². The molecular weight excluding hydrogens is 456 g/mol. The van der Waals surface area contributed by atoms with Gasteiger partial charge in [0.2, 0.25) is 0 Å². The first-order valence-corrected chi connectivity index (χ1v) is 13.4. The van der Waals surface area contributed by atoms with Crippen LogP contribution in [-0.2, 0) is 0 Å². The Morgan fingerprint density at radius 3 is 1.53 bits per heavy atom. The van der Waals surface area contributed by atoms with Gasteiger partial charge >= 0.3 is 0 Å². The number of benzene rings is 8. The Bertz CT molecular complexity index is 2380. The molecular formula is C38H20. The van der Waals surface area contributed by atoms with E-state index in [2.05, 4.69) is 121 Å². The summed E-state index contributed by atoms with van der Waals surface area (Å²) in [7, 11) is 0. The van der Waals surface area contributed by atoms with Gasteiger partial charge in [-0.05, 0) is 98.4 Å². The van der Waals surface area contributed by atoms with Crippen LogP contribution in [0.25, 0.3) is 98.4 Å². The molecule has 0 N–H and O–H groups in total. The van der Waals surface area contributed by atoms with E-state index in [0.29, 0.717) is 0 Å². The van der Waals surface area contributed by atoms with E-state index in [4.69, 9.17) is 0 Å². The van der Waals surface area contributed by atoms with Crippen LogP contribution in [0.1, 0.15) is 0 Å². The summed E-state index contributed by atoms with van der Waals surface area (Å²) in [5, 5.41) is 13.5. The topological polar surface area (TPSA) is 0 Å². The maximum absolute atomic E-state index is 2.36. The molecule has 0 bridgehead atoms. The molecule has 10 rings (SSSR count). The van der Waals surface area contributed by atoms with Gasteiger partial charge in [-0.1, -0.05) is 121 Å². The van der Waals surface area contributed by atoms with Crippen LogP contribution in [0.5, 0.6) is 0 Å². The average Bonchev–Trinajstić information content (AvgIpc) is 3.49. The van der Waals surface area contributed by atoms with Crippen molar-refractivity contribution in [2.45, 2.75) is 0 Å². The second-order valence-corrected chi connectivity index (χ2v) is 10.8. The Morgan fingerprint density at radius 2 is 0.789 bits per heavy atom. The molecule has 0 unspecified atom stereocenters. The monoisotopic (exact) mass is 476 g/mol. The molecule has 172 valence electrons. The van der Waals surface area contributed by atoms with E-state index >= 15 is 0 Å². The minimum absolute atomic E-state index is 1.31. The number of hydrogen-bond acceptors (Lipinski definition) is 0. The molecule has 0 heterocycles. The summed E-state index contributed by atoms with van der Waals surface area (Å²) in [5.74, 6) is 0. The lowest BCUT2D eigenvalue weighted by atomic mass is 9.85. The maximum Gasteiger partial charge on any atom is -0.000719 e. The van der Waals surface area contributed by atoms with Gasteiger partial charge in [0, 0.05) is 0 Å². The van der Waals surface area contributed by atoms with Crippen LogP contribution in [-0.4, -0.2) is 0 Å². The molecule has 2 aliphatic carbocycles. The van der Waals surface area contributed by atoms with Crippen LogP contribution >= 0.6 is 0 Å². The first-order chi connectivity index (χ1) is 18.9. The Balaban J connectivity index is 1.53.